The Hall–Kier alpha value is -1.36. The fraction of sp³-hybridized carbons (Fsp3) is 0.385. The van der Waals surface area contributed by atoms with Crippen molar-refractivity contribution < 1.29 is 14.3 Å². The Labute approximate surface area is 115 Å². The van der Waals surface area contributed by atoms with Crippen LogP contribution < -0.4 is 10.1 Å². The van der Waals surface area contributed by atoms with E-state index in [0.29, 0.717) is 15.8 Å². The SMILES string of the molecule is COc1ccc(C(=O)CNC(=O)C(C)C)cc1Br. The molecule has 0 fully saturated rings. The third-order valence-corrected chi connectivity index (χ3v) is 3.04. The molecular weight excluding hydrogens is 298 g/mol. The second-order valence-corrected chi connectivity index (χ2v) is 5.00. The number of ketones is 1. The van der Waals surface area contributed by atoms with Gasteiger partial charge >= 0.3 is 0 Å². The fourth-order valence-corrected chi connectivity index (χ4v) is 1.85. The van der Waals surface area contributed by atoms with Crippen molar-refractivity contribution in [2.75, 3.05) is 13.7 Å². The Morgan fingerprint density at radius 1 is 1.39 bits per heavy atom. The number of carbonyl (C=O) groups is 2. The van der Waals surface area contributed by atoms with E-state index in [1.54, 1.807) is 39.2 Å². The maximum absolute atomic E-state index is 11.8. The Morgan fingerprint density at radius 2 is 2.06 bits per heavy atom. The molecule has 0 aliphatic heterocycles. The molecule has 0 heterocycles. The number of methoxy groups -OCH3 is 1. The quantitative estimate of drug-likeness (QED) is 0.849. The largest absolute Gasteiger partial charge is 0.496 e. The average Bonchev–Trinajstić information content (AvgIpc) is 2.35. The molecule has 1 amide bonds. The van der Waals surface area contributed by atoms with Crippen LogP contribution in [0.25, 0.3) is 0 Å². The maximum Gasteiger partial charge on any atom is 0.222 e. The summed E-state index contributed by atoms with van der Waals surface area (Å²) >= 11 is 3.31. The zero-order valence-electron chi connectivity index (χ0n) is 10.6. The summed E-state index contributed by atoms with van der Waals surface area (Å²) < 4.78 is 5.80. The summed E-state index contributed by atoms with van der Waals surface area (Å²) in [5.41, 5.74) is 0.534. The van der Waals surface area contributed by atoms with E-state index in [0.717, 1.165) is 0 Å². The van der Waals surface area contributed by atoms with Crippen LogP contribution in [0.15, 0.2) is 22.7 Å². The Balaban J connectivity index is 2.68. The Morgan fingerprint density at radius 3 is 2.56 bits per heavy atom. The van der Waals surface area contributed by atoms with Crippen molar-refractivity contribution in [3.63, 3.8) is 0 Å². The fourth-order valence-electron chi connectivity index (χ4n) is 1.31. The summed E-state index contributed by atoms with van der Waals surface area (Å²) in [5.74, 6) is 0.279. The minimum absolute atomic E-state index is 0.00970. The predicted molar refractivity (Wildman–Crippen MR) is 72.9 cm³/mol. The van der Waals surface area contributed by atoms with Gasteiger partial charge in [0, 0.05) is 11.5 Å². The highest BCUT2D eigenvalue weighted by atomic mass is 79.9. The van der Waals surface area contributed by atoms with E-state index in [1.165, 1.54) is 0 Å². The minimum Gasteiger partial charge on any atom is -0.496 e. The summed E-state index contributed by atoms with van der Waals surface area (Å²) in [5, 5.41) is 2.59. The number of nitrogens with one attached hydrogen (secondary N) is 1. The second kappa shape index (κ2) is 6.54. The van der Waals surface area contributed by atoms with Gasteiger partial charge in [0.1, 0.15) is 5.75 Å². The van der Waals surface area contributed by atoms with Gasteiger partial charge in [-0.25, -0.2) is 0 Å². The lowest BCUT2D eigenvalue weighted by Gasteiger charge is -2.08. The van der Waals surface area contributed by atoms with E-state index >= 15 is 0 Å². The first-order valence-electron chi connectivity index (χ1n) is 5.60. The number of carbonyl (C=O) groups excluding carboxylic acids is 2. The minimum atomic E-state index is -0.132. The van der Waals surface area contributed by atoms with E-state index in [-0.39, 0.29) is 24.2 Å². The Bertz CT molecular complexity index is 458. The molecule has 98 valence electrons. The third kappa shape index (κ3) is 3.84. The smallest absolute Gasteiger partial charge is 0.222 e. The van der Waals surface area contributed by atoms with Gasteiger partial charge in [-0.3, -0.25) is 9.59 Å². The van der Waals surface area contributed by atoms with Crippen molar-refractivity contribution in [1.29, 1.82) is 0 Å². The molecule has 5 heteroatoms. The van der Waals surface area contributed by atoms with Gasteiger partial charge in [0.2, 0.25) is 5.91 Å². The van der Waals surface area contributed by atoms with E-state index in [2.05, 4.69) is 21.2 Å². The summed E-state index contributed by atoms with van der Waals surface area (Å²) in [4.78, 5) is 23.2. The number of halogens is 1. The zero-order valence-corrected chi connectivity index (χ0v) is 12.2. The highest BCUT2D eigenvalue weighted by Gasteiger charge is 2.12. The van der Waals surface area contributed by atoms with Crippen LogP contribution in [-0.4, -0.2) is 25.3 Å². The summed E-state index contributed by atoms with van der Waals surface area (Å²) in [6, 6.07) is 5.07. The predicted octanol–water partition coefficient (Wildman–Crippen LogP) is 2.41. The molecule has 0 atom stereocenters. The molecule has 1 N–H and O–H groups in total. The van der Waals surface area contributed by atoms with Gasteiger partial charge in [-0.1, -0.05) is 13.8 Å². The highest BCUT2D eigenvalue weighted by Crippen LogP contribution is 2.25. The first kappa shape index (κ1) is 14.7. The lowest BCUT2D eigenvalue weighted by Crippen LogP contribution is -2.32. The van der Waals surface area contributed by atoms with E-state index < -0.39 is 0 Å². The van der Waals surface area contributed by atoms with Crippen LogP contribution in [0.3, 0.4) is 0 Å². The third-order valence-electron chi connectivity index (χ3n) is 2.42. The van der Waals surface area contributed by atoms with E-state index in [4.69, 9.17) is 4.74 Å². The monoisotopic (exact) mass is 313 g/mol. The number of benzene rings is 1. The molecule has 0 unspecified atom stereocenters. The molecule has 0 saturated heterocycles. The number of hydrogen-bond acceptors (Lipinski definition) is 3. The van der Waals surface area contributed by atoms with E-state index in [9.17, 15) is 9.59 Å². The standard InChI is InChI=1S/C13H16BrNO3/c1-8(2)13(17)15-7-11(16)9-4-5-12(18-3)10(14)6-9/h4-6,8H,7H2,1-3H3,(H,15,17). The zero-order chi connectivity index (χ0) is 13.7. The van der Waals surface area contributed by atoms with Crippen LogP contribution in [0.2, 0.25) is 0 Å². The molecule has 0 saturated carbocycles. The number of Topliss-reactive ketones (excluding diaryl/α,β-unsaturated/α-hetero) is 1. The molecule has 0 aliphatic rings. The van der Waals surface area contributed by atoms with Crippen LogP contribution in [0.1, 0.15) is 24.2 Å². The van der Waals surface area contributed by atoms with E-state index in [1.807, 2.05) is 0 Å². The number of amides is 1. The molecule has 0 aromatic heterocycles. The molecule has 1 aromatic rings. The molecule has 0 bridgehead atoms. The first-order chi connectivity index (χ1) is 8.45. The van der Waals surface area contributed by atoms with Crippen molar-refractivity contribution in [2.45, 2.75) is 13.8 Å². The lowest BCUT2D eigenvalue weighted by molar-refractivity contribution is -0.123. The van der Waals surface area contributed by atoms with Crippen LogP contribution in [-0.2, 0) is 4.79 Å². The summed E-state index contributed by atoms with van der Waals surface area (Å²) in [7, 11) is 1.56. The number of hydrogen-bond donors (Lipinski definition) is 1. The maximum atomic E-state index is 11.8. The molecule has 0 spiro atoms. The second-order valence-electron chi connectivity index (χ2n) is 4.15. The number of rotatable bonds is 5. The molecular formula is C13H16BrNO3. The molecule has 1 rings (SSSR count). The molecule has 4 nitrogen and oxygen atoms in total. The summed E-state index contributed by atoms with van der Waals surface area (Å²) in [6.45, 7) is 3.57. The molecule has 18 heavy (non-hydrogen) atoms. The van der Waals surface area contributed by atoms with Gasteiger partial charge in [0.25, 0.3) is 0 Å². The van der Waals surface area contributed by atoms with Crippen LogP contribution >= 0.6 is 15.9 Å². The molecule has 0 aliphatic carbocycles. The highest BCUT2D eigenvalue weighted by molar-refractivity contribution is 9.10. The van der Waals surface area contributed by atoms with Crippen LogP contribution in [0, 0.1) is 5.92 Å². The normalized spacial score (nSPS) is 10.3. The van der Waals surface area contributed by atoms with Crippen molar-refractivity contribution in [3.8, 4) is 5.75 Å². The van der Waals surface area contributed by atoms with Gasteiger partial charge in [0.15, 0.2) is 5.78 Å². The molecule has 1 aromatic carbocycles. The van der Waals surface area contributed by atoms with Gasteiger partial charge in [0.05, 0.1) is 18.1 Å². The van der Waals surface area contributed by atoms with Crippen molar-refractivity contribution >= 4 is 27.6 Å². The topological polar surface area (TPSA) is 55.4 Å². The lowest BCUT2D eigenvalue weighted by atomic mass is 10.1. The van der Waals surface area contributed by atoms with Gasteiger partial charge in [-0.15, -0.1) is 0 Å². The van der Waals surface area contributed by atoms with Gasteiger partial charge < -0.3 is 10.1 Å². The Kier molecular flexibility index (Phi) is 5.34. The first-order valence-corrected chi connectivity index (χ1v) is 6.39. The van der Waals surface area contributed by atoms with Gasteiger partial charge in [-0.05, 0) is 34.1 Å². The average molecular weight is 314 g/mol. The van der Waals surface area contributed by atoms with Crippen LogP contribution in [0.5, 0.6) is 5.75 Å². The molecule has 0 radical (unpaired) electrons. The van der Waals surface area contributed by atoms with Crippen molar-refractivity contribution in [1.82, 2.24) is 5.32 Å². The number of ether oxygens (including phenoxy) is 1. The van der Waals surface area contributed by atoms with Gasteiger partial charge in [-0.2, -0.15) is 0 Å². The van der Waals surface area contributed by atoms with Crippen LogP contribution in [0.4, 0.5) is 0 Å². The summed E-state index contributed by atoms with van der Waals surface area (Å²) in [6.07, 6.45) is 0. The van der Waals surface area contributed by atoms with Crippen molar-refractivity contribution in [3.05, 3.63) is 28.2 Å². The van der Waals surface area contributed by atoms with Crippen molar-refractivity contribution in [2.24, 2.45) is 5.92 Å².